The highest BCUT2D eigenvalue weighted by Gasteiger charge is 2.47. The van der Waals surface area contributed by atoms with Gasteiger partial charge in [0.25, 0.3) is 11.7 Å². The van der Waals surface area contributed by atoms with Crippen molar-refractivity contribution in [3.63, 3.8) is 0 Å². The van der Waals surface area contributed by atoms with Crippen LogP contribution in [0.25, 0.3) is 5.76 Å². The van der Waals surface area contributed by atoms with Gasteiger partial charge in [0.15, 0.2) is 0 Å². The molecule has 3 aromatic carbocycles. The average molecular weight is 487 g/mol. The van der Waals surface area contributed by atoms with Crippen LogP contribution in [0.2, 0.25) is 0 Å². The molecule has 0 bridgehead atoms. The van der Waals surface area contributed by atoms with E-state index >= 15 is 0 Å². The summed E-state index contributed by atoms with van der Waals surface area (Å²) in [5.74, 6) is -1.58. The van der Waals surface area contributed by atoms with Crippen LogP contribution in [0.5, 0.6) is 11.5 Å². The van der Waals surface area contributed by atoms with Crippen molar-refractivity contribution < 1.29 is 24.5 Å². The summed E-state index contributed by atoms with van der Waals surface area (Å²) in [4.78, 5) is 30.2. The Morgan fingerprint density at radius 2 is 1.69 bits per heavy atom. The maximum Gasteiger partial charge on any atom is 0.300 e. The number of phenols is 1. The van der Waals surface area contributed by atoms with E-state index in [1.54, 1.807) is 36.4 Å². The number of rotatable bonds is 7. The summed E-state index contributed by atoms with van der Waals surface area (Å²) in [5, 5.41) is 22.0. The van der Waals surface area contributed by atoms with Gasteiger partial charge >= 0.3 is 0 Å². The number of ether oxygens (including phenoxy) is 1. The van der Waals surface area contributed by atoms with Gasteiger partial charge < -0.3 is 19.8 Å². The first-order valence-corrected chi connectivity index (χ1v) is 11.9. The van der Waals surface area contributed by atoms with Crippen molar-refractivity contribution in [3.05, 3.63) is 89.0 Å². The number of benzene rings is 3. The number of Topliss-reactive ketones (excluding diaryl/α,β-unsaturated/α-hetero) is 1. The summed E-state index contributed by atoms with van der Waals surface area (Å²) in [6.45, 7) is 7.65. The highest BCUT2D eigenvalue weighted by Crippen LogP contribution is 2.45. The SMILES string of the molecule is CCN(CC)c1ccc(C2/C(=C(\O)c3cccc(OC)c3)C(=O)C(=O)N2c2cc(C)ccc2O)cc1. The van der Waals surface area contributed by atoms with Gasteiger partial charge in [-0.1, -0.05) is 30.3 Å². The maximum atomic E-state index is 13.4. The summed E-state index contributed by atoms with van der Waals surface area (Å²) >= 11 is 0. The van der Waals surface area contributed by atoms with Gasteiger partial charge in [-0.05, 0) is 68.3 Å². The first kappa shape index (κ1) is 24.9. The number of hydrogen-bond donors (Lipinski definition) is 2. The van der Waals surface area contributed by atoms with Crippen LogP contribution in [0.3, 0.4) is 0 Å². The Kier molecular flexibility index (Phi) is 7.01. The minimum Gasteiger partial charge on any atom is -0.507 e. The second kappa shape index (κ2) is 10.2. The molecule has 2 N–H and O–H groups in total. The minimum absolute atomic E-state index is 0.0512. The average Bonchev–Trinajstić information content (AvgIpc) is 3.16. The first-order valence-electron chi connectivity index (χ1n) is 11.9. The van der Waals surface area contributed by atoms with Gasteiger partial charge in [-0.3, -0.25) is 14.5 Å². The predicted octanol–water partition coefficient (Wildman–Crippen LogP) is 5.18. The van der Waals surface area contributed by atoms with Crippen LogP contribution in [0.4, 0.5) is 11.4 Å². The van der Waals surface area contributed by atoms with E-state index in [9.17, 15) is 19.8 Å². The summed E-state index contributed by atoms with van der Waals surface area (Å²) in [6.07, 6.45) is 0. The second-order valence-corrected chi connectivity index (χ2v) is 8.66. The molecule has 1 heterocycles. The smallest absolute Gasteiger partial charge is 0.300 e. The Hall–Kier alpha value is -4.26. The van der Waals surface area contributed by atoms with Crippen molar-refractivity contribution in [2.24, 2.45) is 0 Å². The van der Waals surface area contributed by atoms with E-state index < -0.39 is 17.7 Å². The van der Waals surface area contributed by atoms with E-state index in [1.807, 2.05) is 31.2 Å². The number of aryl methyl sites for hydroxylation is 1. The molecule has 1 amide bonds. The van der Waals surface area contributed by atoms with Gasteiger partial charge in [-0.15, -0.1) is 0 Å². The zero-order valence-corrected chi connectivity index (χ0v) is 20.9. The molecule has 0 radical (unpaired) electrons. The Balaban J connectivity index is 1.94. The largest absolute Gasteiger partial charge is 0.507 e. The molecule has 0 aliphatic carbocycles. The predicted molar refractivity (Wildman–Crippen MR) is 141 cm³/mol. The van der Waals surface area contributed by atoms with Crippen LogP contribution < -0.4 is 14.5 Å². The van der Waals surface area contributed by atoms with Crippen LogP contribution in [-0.4, -0.2) is 42.1 Å². The summed E-state index contributed by atoms with van der Waals surface area (Å²) in [6, 6.07) is 18.2. The number of aromatic hydroxyl groups is 1. The molecular formula is C29H30N2O5. The number of aliphatic hydroxyl groups is 1. The van der Waals surface area contributed by atoms with Crippen molar-refractivity contribution >= 4 is 28.8 Å². The third-order valence-corrected chi connectivity index (χ3v) is 6.52. The lowest BCUT2D eigenvalue weighted by Crippen LogP contribution is -2.29. The molecule has 1 aliphatic heterocycles. The molecule has 1 unspecified atom stereocenters. The quantitative estimate of drug-likeness (QED) is 0.272. The fraction of sp³-hybridized carbons (Fsp3) is 0.241. The normalized spacial score (nSPS) is 16.9. The van der Waals surface area contributed by atoms with Crippen LogP contribution in [0.1, 0.15) is 36.6 Å². The van der Waals surface area contributed by atoms with Crippen molar-refractivity contribution in [1.82, 2.24) is 0 Å². The molecule has 1 fully saturated rings. The Labute approximate surface area is 210 Å². The van der Waals surface area contributed by atoms with Gasteiger partial charge in [0.1, 0.15) is 17.3 Å². The van der Waals surface area contributed by atoms with E-state index in [0.717, 1.165) is 24.3 Å². The lowest BCUT2D eigenvalue weighted by molar-refractivity contribution is -0.132. The van der Waals surface area contributed by atoms with Gasteiger partial charge in [0.2, 0.25) is 0 Å². The van der Waals surface area contributed by atoms with Crippen LogP contribution in [-0.2, 0) is 9.59 Å². The second-order valence-electron chi connectivity index (χ2n) is 8.66. The number of carbonyl (C=O) groups is 2. The van der Waals surface area contributed by atoms with E-state index in [1.165, 1.54) is 18.1 Å². The lowest BCUT2D eigenvalue weighted by Gasteiger charge is -2.27. The molecule has 186 valence electrons. The standard InChI is InChI=1S/C29H30N2O5/c1-5-30(6-2)21-13-11-19(12-14-21)26-25(27(33)20-8-7-9-22(17-20)36-4)28(34)29(35)31(26)23-16-18(3)10-15-24(23)32/h7-17,26,32-33H,5-6H2,1-4H3/b27-25+. The molecule has 0 saturated carbocycles. The fourth-order valence-corrected chi connectivity index (χ4v) is 4.60. The Bertz CT molecular complexity index is 1330. The van der Waals surface area contributed by atoms with Crippen molar-refractivity contribution in [3.8, 4) is 11.5 Å². The number of nitrogens with zero attached hydrogens (tertiary/aromatic N) is 2. The van der Waals surface area contributed by atoms with Crippen molar-refractivity contribution in [2.45, 2.75) is 26.8 Å². The number of aliphatic hydroxyl groups excluding tert-OH is 1. The minimum atomic E-state index is -0.936. The maximum absolute atomic E-state index is 13.4. The topological polar surface area (TPSA) is 90.3 Å². The molecule has 1 atom stereocenters. The highest BCUT2D eigenvalue weighted by molar-refractivity contribution is 6.52. The fourth-order valence-electron chi connectivity index (χ4n) is 4.60. The number of ketones is 1. The molecule has 36 heavy (non-hydrogen) atoms. The molecule has 0 spiro atoms. The number of methoxy groups -OCH3 is 1. The Morgan fingerprint density at radius 1 is 1.00 bits per heavy atom. The van der Waals surface area contributed by atoms with Gasteiger partial charge in [-0.2, -0.15) is 0 Å². The van der Waals surface area contributed by atoms with Gasteiger partial charge in [0.05, 0.1) is 24.4 Å². The molecule has 3 aromatic rings. The zero-order chi connectivity index (χ0) is 26.0. The molecular weight excluding hydrogens is 456 g/mol. The van der Waals surface area contributed by atoms with Crippen LogP contribution in [0, 0.1) is 6.92 Å². The molecule has 1 aliphatic rings. The van der Waals surface area contributed by atoms with Crippen LogP contribution in [0.15, 0.2) is 72.3 Å². The number of carbonyl (C=O) groups excluding carboxylic acids is 2. The highest BCUT2D eigenvalue weighted by atomic mass is 16.5. The molecule has 1 saturated heterocycles. The van der Waals surface area contributed by atoms with E-state index in [-0.39, 0.29) is 22.8 Å². The Morgan fingerprint density at radius 3 is 2.33 bits per heavy atom. The monoisotopic (exact) mass is 486 g/mol. The first-order chi connectivity index (χ1) is 17.3. The van der Waals surface area contributed by atoms with E-state index in [2.05, 4.69) is 18.7 Å². The lowest BCUT2D eigenvalue weighted by atomic mass is 9.94. The third-order valence-electron chi connectivity index (χ3n) is 6.52. The number of phenolic OH excluding ortho intramolecular Hbond substituents is 1. The summed E-state index contributed by atoms with van der Waals surface area (Å²) in [5.41, 5.74) is 2.96. The molecule has 7 heteroatoms. The zero-order valence-electron chi connectivity index (χ0n) is 20.9. The van der Waals surface area contributed by atoms with Crippen molar-refractivity contribution in [1.29, 1.82) is 0 Å². The molecule has 7 nitrogen and oxygen atoms in total. The number of hydrogen-bond acceptors (Lipinski definition) is 6. The number of anilines is 2. The molecule has 0 aromatic heterocycles. The summed E-state index contributed by atoms with van der Waals surface area (Å²) < 4.78 is 5.27. The van der Waals surface area contributed by atoms with Gasteiger partial charge in [0, 0.05) is 24.3 Å². The third kappa shape index (κ3) is 4.40. The molecule has 4 rings (SSSR count). The summed E-state index contributed by atoms with van der Waals surface area (Å²) in [7, 11) is 1.51. The number of amides is 1. The van der Waals surface area contributed by atoms with Crippen LogP contribution >= 0.6 is 0 Å². The van der Waals surface area contributed by atoms with E-state index in [4.69, 9.17) is 4.74 Å². The van der Waals surface area contributed by atoms with Gasteiger partial charge in [-0.25, -0.2) is 0 Å². The van der Waals surface area contributed by atoms with E-state index in [0.29, 0.717) is 16.9 Å². The van der Waals surface area contributed by atoms with Crippen molar-refractivity contribution in [2.75, 3.05) is 30.0 Å².